The number of sulfone groups is 1. The number of amides is 1. The van der Waals surface area contributed by atoms with Crippen LogP contribution in [0.4, 0.5) is 4.39 Å². The van der Waals surface area contributed by atoms with Crippen molar-refractivity contribution in [2.75, 3.05) is 14.1 Å². The summed E-state index contributed by atoms with van der Waals surface area (Å²) in [6.45, 7) is 1.20. The molecule has 8 heteroatoms. The van der Waals surface area contributed by atoms with Crippen molar-refractivity contribution in [2.24, 2.45) is 0 Å². The largest absolute Gasteiger partial charge is 0.478 e. The quantitative estimate of drug-likeness (QED) is 0.830. The standard InChI is InChI=1S/C12H14FNO5S/c1-7(11(15)14(2)3)20(18,19)8-4-5-10(13)9(6-8)12(16)17/h4-7H,1-3H3,(H,16,17). The number of carbonyl (C=O) groups is 2. The predicted molar refractivity (Wildman–Crippen MR) is 68.7 cm³/mol. The van der Waals surface area contributed by atoms with Gasteiger partial charge < -0.3 is 10.0 Å². The van der Waals surface area contributed by atoms with E-state index in [1.54, 1.807) is 0 Å². The summed E-state index contributed by atoms with van der Waals surface area (Å²) in [7, 11) is -1.27. The summed E-state index contributed by atoms with van der Waals surface area (Å²) in [5, 5.41) is 7.40. The zero-order valence-corrected chi connectivity index (χ0v) is 11.9. The second-order valence-corrected chi connectivity index (χ2v) is 6.64. The molecule has 0 aliphatic heterocycles. The Morgan fingerprint density at radius 3 is 2.30 bits per heavy atom. The van der Waals surface area contributed by atoms with Gasteiger partial charge in [0, 0.05) is 14.1 Å². The third kappa shape index (κ3) is 2.96. The van der Waals surface area contributed by atoms with Crippen LogP contribution in [0.25, 0.3) is 0 Å². The molecule has 0 fully saturated rings. The fourth-order valence-corrected chi connectivity index (χ4v) is 2.97. The molecule has 1 aromatic rings. The van der Waals surface area contributed by atoms with Gasteiger partial charge >= 0.3 is 5.97 Å². The highest BCUT2D eigenvalue weighted by atomic mass is 32.2. The van der Waals surface area contributed by atoms with Gasteiger partial charge in [-0.3, -0.25) is 4.79 Å². The molecule has 0 spiro atoms. The highest BCUT2D eigenvalue weighted by Crippen LogP contribution is 2.20. The molecule has 0 heterocycles. The van der Waals surface area contributed by atoms with Crippen LogP contribution in [-0.2, 0) is 14.6 Å². The van der Waals surface area contributed by atoms with E-state index in [-0.39, 0.29) is 0 Å². The SMILES string of the molecule is CC(C(=O)N(C)C)S(=O)(=O)c1ccc(F)c(C(=O)O)c1. The average molecular weight is 303 g/mol. The fourth-order valence-electron chi connectivity index (χ4n) is 1.55. The van der Waals surface area contributed by atoms with Crippen LogP contribution in [0.15, 0.2) is 23.1 Å². The maximum atomic E-state index is 13.2. The highest BCUT2D eigenvalue weighted by Gasteiger charge is 2.31. The number of hydrogen-bond donors (Lipinski definition) is 1. The van der Waals surface area contributed by atoms with Crippen molar-refractivity contribution in [3.8, 4) is 0 Å². The number of rotatable bonds is 4. The van der Waals surface area contributed by atoms with Gasteiger partial charge in [0.2, 0.25) is 5.91 Å². The van der Waals surface area contributed by atoms with E-state index in [1.165, 1.54) is 21.0 Å². The third-order valence-electron chi connectivity index (χ3n) is 2.75. The summed E-state index contributed by atoms with van der Waals surface area (Å²) in [5.74, 6) is -3.26. The van der Waals surface area contributed by atoms with Crippen LogP contribution < -0.4 is 0 Å². The van der Waals surface area contributed by atoms with Crippen LogP contribution in [0.1, 0.15) is 17.3 Å². The van der Waals surface area contributed by atoms with Crippen LogP contribution in [0.2, 0.25) is 0 Å². The summed E-state index contributed by atoms with van der Waals surface area (Å²) >= 11 is 0. The van der Waals surface area contributed by atoms with Gasteiger partial charge in [0.05, 0.1) is 10.5 Å². The van der Waals surface area contributed by atoms with Crippen LogP contribution in [0.3, 0.4) is 0 Å². The van der Waals surface area contributed by atoms with Crippen LogP contribution in [0, 0.1) is 5.82 Å². The maximum Gasteiger partial charge on any atom is 0.338 e. The molecule has 0 aliphatic carbocycles. The van der Waals surface area contributed by atoms with Crippen molar-refractivity contribution in [2.45, 2.75) is 17.1 Å². The van der Waals surface area contributed by atoms with Crippen molar-refractivity contribution in [3.05, 3.63) is 29.6 Å². The summed E-state index contributed by atoms with van der Waals surface area (Å²) in [6.07, 6.45) is 0. The number of carboxylic acids is 1. The van der Waals surface area contributed by atoms with Gasteiger partial charge in [-0.25, -0.2) is 17.6 Å². The van der Waals surface area contributed by atoms with Crippen molar-refractivity contribution in [1.82, 2.24) is 4.90 Å². The van der Waals surface area contributed by atoms with Gasteiger partial charge in [-0.15, -0.1) is 0 Å². The number of nitrogens with zero attached hydrogens (tertiary/aromatic N) is 1. The molecular weight excluding hydrogens is 289 g/mol. The van der Waals surface area contributed by atoms with Gasteiger partial charge in [-0.2, -0.15) is 0 Å². The minimum Gasteiger partial charge on any atom is -0.478 e. The molecule has 1 amide bonds. The van der Waals surface area contributed by atoms with Gasteiger partial charge in [-0.1, -0.05) is 0 Å². The molecule has 0 saturated carbocycles. The number of benzene rings is 1. The van der Waals surface area contributed by atoms with Crippen LogP contribution >= 0.6 is 0 Å². The Morgan fingerprint density at radius 2 is 1.85 bits per heavy atom. The number of aromatic carboxylic acids is 1. The number of halogens is 1. The molecule has 110 valence electrons. The Hall–Kier alpha value is -1.96. The molecule has 0 saturated heterocycles. The molecule has 6 nitrogen and oxygen atoms in total. The molecular formula is C12H14FNO5S. The third-order valence-corrected chi connectivity index (χ3v) is 4.79. The van der Waals surface area contributed by atoms with E-state index < -0.39 is 43.2 Å². The molecule has 1 rings (SSSR count). The van der Waals surface area contributed by atoms with Gasteiger partial charge in [0.15, 0.2) is 9.84 Å². The minimum atomic E-state index is -4.08. The second kappa shape index (κ2) is 5.58. The number of carboxylic acid groups (broad SMARTS) is 1. The van der Waals surface area contributed by atoms with Crippen molar-refractivity contribution < 1.29 is 27.5 Å². The van der Waals surface area contributed by atoms with E-state index >= 15 is 0 Å². The minimum absolute atomic E-state index is 0.404. The summed E-state index contributed by atoms with van der Waals surface area (Å²) in [5.41, 5.74) is -0.754. The topological polar surface area (TPSA) is 91.8 Å². The molecule has 0 aliphatic rings. The Morgan fingerprint density at radius 1 is 1.30 bits per heavy atom. The maximum absolute atomic E-state index is 13.2. The van der Waals surface area contributed by atoms with E-state index in [9.17, 15) is 22.4 Å². The summed E-state index contributed by atoms with van der Waals surface area (Å²) < 4.78 is 37.6. The van der Waals surface area contributed by atoms with E-state index in [4.69, 9.17) is 5.11 Å². The van der Waals surface area contributed by atoms with E-state index in [0.717, 1.165) is 17.0 Å². The molecule has 0 aromatic heterocycles. The fraction of sp³-hybridized carbons (Fsp3) is 0.333. The van der Waals surface area contributed by atoms with Gasteiger partial charge in [0.25, 0.3) is 0 Å². The predicted octanol–water partition coefficient (Wildman–Crippen LogP) is 0.774. The molecule has 0 bridgehead atoms. The zero-order valence-electron chi connectivity index (χ0n) is 11.1. The molecule has 1 aromatic carbocycles. The molecule has 20 heavy (non-hydrogen) atoms. The molecule has 1 unspecified atom stereocenters. The van der Waals surface area contributed by atoms with Crippen molar-refractivity contribution in [1.29, 1.82) is 0 Å². The first-order valence-electron chi connectivity index (χ1n) is 5.57. The number of carbonyl (C=O) groups excluding carboxylic acids is 1. The molecule has 1 N–H and O–H groups in total. The summed E-state index contributed by atoms with van der Waals surface area (Å²) in [4.78, 5) is 23.2. The van der Waals surface area contributed by atoms with E-state index in [1.807, 2.05) is 0 Å². The summed E-state index contributed by atoms with van der Waals surface area (Å²) in [6, 6.07) is 2.41. The lowest BCUT2D eigenvalue weighted by atomic mass is 10.2. The Kier molecular flexibility index (Phi) is 4.49. The average Bonchev–Trinajstić information content (AvgIpc) is 2.36. The zero-order chi connectivity index (χ0) is 15.7. The second-order valence-electron chi connectivity index (χ2n) is 4.37. The number of hydrogen-bond acceptors (Lipinski definition) is 4. The lowest BCUT2D eigenvalue weighted by molar-refractivity contribution is -0.127. The smallest absolute Gasteiger partial charge is 0.338 e. The first kappa shape index (κ1) is 16.1. The van der Waals surface area contributed by atoms with Crippen LogP contribution in [-0.4, -0.2) is 49.6 Å². The van der Waals surface area contributed by atoms with E-state index in [0.29, 0.717) is 6.07 Å². The normalized spacial score (nSPS) is 12.8. The Labute approximate surface area is 115 Å². The van der Waals surface area contributed by atoms with Crippen molar-refractivity contribution in [3.63, 3.8) is 0 Å². The molecule has 0 radical (unpaired) electrons. The van der Waals surface area contributed by atoms with Crippen LogP contribution in [0.5, 0.6) is 0 Å². The van der Waals surface area contributed by atoms with Crippen molar-refractivity contribution >= 4 is 21.7 Å². The van der Waals surface area contributed by atoms with Gasteiger partial charge in [0.1, 0.15) is 11.1 Å². The van der Waals surface area contributed by atoms with E-state index in [2.05, 4.69) is 0 Å². The Balaban J connectivity index is 3.33. The van der Waals surface area contributed by atoms with Gasteiger partial charge in [-0.05, 0) is 25.1 Å². The lowest BCUT2D eigenvalue weighted by Crippen LogP contribution is -2.37. The first-order valence-corrected chi connectivity index (χ1v) is 7.11. The Bertz CT molecular complexity index is 654. The molecule has 1 atom stereocenters. The highest BCUT2D eigenvalue weighted by molar-refractivity contribution is 7.92. The monoisotopic (exact) mass is 303 g/mol. The lowest BCUT2D eigenvalue weighted by Gasteiger charge is -2.17. The first-order chi connectivity index (χ1) is 9.09.